The molecule has 17 heteroatoms. The van der Waals surface area contributed by atoms with Crippen molar-refractivity contribution in [1.29, 1.82) is 0 Å². The summed E-state index contributed by atoms with van der Waals surface area (Å²) in [4.78, 5) is 21.5. The molecule has 0 bridgehead atoms. The molecule has 6 N–H and O–H groups in total. The van der Waals surface area contributed by atoms with Crippen molar-refractivity contribution in [2.75, 3.05) is 25.1 Å². The normalized spacial score (nSPS) is 21.1. The van der Waals surface area contributed by atoms with Crippen LogP contribution in [0.25, 0.3) is 16.9 Å². The number of nitrogens with one attached hydrogen (secondary N) is 2. The molecule has 2 aromatic heterocycles. The number of carbonyl (C=O) groups is 1. The Morgan fingerprint density at radius 1 is 1.08 bits per heavy atom. The van der Waals surface area contributed by atoms with Gasteiger partial charge in [-0.1, -0.05) is 6.92 Å². The van der Waals surface area contributed by atoms with Crippen LogP contribution in [0.4, 0.5) is 29.1 Å². The Morgan fingerprint density at radius 2 is 1.88 bits per heavy atom. The quantitative estimate of drug-likeness (QED) is 0.0904. The van der Waals surface area contributed by atoms with E-state index in [2.05, 4.69) is 25.3 Å². The van der Waals surface area contributed by atoms with Crippen LogP contribution in [0.2, 0.25) is 0 Å². The Morgan fingerprint density at radius 3 is 2.60 bits per heavy atom. The number of carbonyl (C=O) groups excluding carboxylic acids is 1. The number of amides is 1. The van der Waals surface area contributed by atoms with Crippen LogP contribution in [0, 0.1) is 11.6 Å². The highest BCUT2D eigenvalue weighted by atomic mass is 19.3. The van der Waals surface area contributed by atoms with E-state index in [4.69, 9.17) is 9.47 Å². The fourth-order valence-corrected chi connectivity index (χ4v) is 5.22. The number of alkyl halides is 2. The van der Waals surface area contributed by atoms with E-state index in [9.17, 15) is 42.8 Å². The highest BCUT2D eigenvalue weighted by molar-refractivity contribution is 5.96. The van der Waals surface area contributed by atoms with Gasteiger partial charge in [0.2, 0.25) is 5.82 Å². The van der Waals surface area contributed by atoms with Crippen molar-refractivity contribution in [3.63, 3.8) is 0 Å². The standard InChI is InChI=1S/C31H33F4N5O8/c1-2-15-12-16(4-5-17(15)29(45)37-8-3-11-46-30-26(44)25(43)24(42)21(14-41)47-30)39-27-28-38-13-19(40(28)10-9-36-27)18-6-7-20(48-31(34)35)23(33)22(18)32/h4-7,9-10,12-13,21,24-26,30-31,41-44H,2-3,8,11,14H2,1H3,(H,36,39)(H,37,45)/t21-,24-,25+,26-,30+/m1/s1. The van der Waals surface area contributed by atoms with Gasteiger partial charge in [0.25, 0.3) is 5.91 Å². The van der Waals surface area contributed by atoms with Crippen molar-refractivity contribution in [2.24, 2.45) is 0 Å². The van der Waals surface area contributed by atoms with Gasteiger partial charge < -0.3 is 45.3 Å². The van der Waals surface area contributed by atoms with Gasteiger partial charge in [0.1, 0.15) is 24.4 Å². The Hall–Kier alpha value is -4.39. The van der Waals surface area contributed by atoms with E-state index in [1.165, 1.54) is 23.0 Å². The second-order valence-corrected chi connectivity index (χ2v) is 10.8. The van der Waals surface area contributed by atoms with Crippen molar-refractivity contribution >= 4 is 23.1 Å². The molecular weight excluding hydrogens is 646 g/mol. The third kappa shape index (κ3) is 7.35. The lowest BCUT2D eigenvalue weighted by Gasteiger charge is -2.39. The number of aryl methyl sites for hydroxylation is 1. The monoisotopic (exact) mass is 679 g/mol. The molecule has 3 heterocycles. The molecule has 1 saturated heterocycles. The highest BCUT2D eigenvalue weighted by Crippen LogP contribution is 2.32. The SMILES string of the molecule is CCc1cc(Nc2nccn3c(-c4ccc(OC(F)F)c(F)c4F)cnc23)ccc1C(=O)NCCCO[C@H]1O[C@H](CO)[C@@H](O)[C@H](O)[C@H]1O. The molecule has 4 aromatic rings. The number of nitrogens with zero attached hydrogens (tertiary/aromatic N) is 3. The number of anilines is 2. The first kappa shape index (κ1) is 34.9. The zero-order valence-corrected chi connectivity index (χ0v) is 25.4. The van der Waals surface area contributed by atoms with Gasteiger partial charge in [-0.25, -0.2) is 14.4 Å². The molecule has 0 saturated carbocycles. The van der Waals surface area contributed by atoms with Crippen molar-refractivity contribution in [3.8, 4) is 17.0 Å². The van der Waals surface area contributed by atoms with E-state index in [1.807, 2.05) is 6.92 Å². The molecule has 1 amide bonds. The van der Waals surface area contributed by atoms with Crippen LogP contribution in [0.15, 0.2) is 48.9 Å². The number of hydrogen-bond acceptors (Lipinski definition) is 11. The molecule has 5 atom stereocenters. The lowest BCUT2D eigenvalue weighted by molar-refractivity contribution is -0.301. The Bertz CT molecular complexity index is 1740. The van der Waals surface area contributed by atoms with Gasteiger partial charge >= 0.3 is 6.61 Å². The van der Waals surface area contributed by atoms with Crippen LogP contribution in [-0.4, -0.2) is 97.8 Å². The average Bonchev–Trinajstić information content (AvgIpc) is 3.51. The molecule has 0 spiro atoms. The molecule has 48 heavy (non-hydrogen) atoms. The molecular formula is C31H33F4N5O8. The molecule has 0 radical (unpaired) electrons. The summed E-state index contributed by atoms with van der Waals surface area (Å²) in [6.45, 7) is -1.77. The zero-order chi connectivity index (χ0) is 34.5. The summed E-state index contributed by atoms with van der Waals surface area (Å²) in [6, 6.07) is 7.05. The van der Waals surface area contributed by atoms with Gasteiger partial charge in [-0.05, 0) is 48.7 Å². The number of rotatable bonds is 13. The third-order valence-corrected chi connectivity index (χ3v) is 7.70. The van der Waals surface area contributed by atoms with Crippen LogP contribution in [0.1, 0.15) is 29.3 Å². The second kappa shape index (κ2) is 15.2. The second-order valence-electron chi connectivity index (χ2n) is 10.8. The number of imidazole rings is 1. The van der Waals surface area contributed by atoms with E-state index in [0.717, 1.165) is 12.1 Å². The van der Waals surface area contributed by atoms with E-state index in [1.54, 1.807) is 18.2 Å². The van der Waals surface area contributed by atoms with Crippen molar-refractivity contribution in [2.45, 2.75) is 57.1 Å². The molecule has 13 nitrogen and oxygen atoms in total. The number of aliphatic hydroxyl groups is 4. The lowest BCUT2D eigenvalue weighted by Crippen LogP contribution is -2.59. The first-order valence-electron chi connectivity index (χ1n) is 14.9. The maximum atomic E-state index is 14.8. The van der Waals surface area contributed by atoms with E-state index in [-0.39, 0.29) is 41.8 Å². The Labute approximate surface area is 270 Å². The molecule has 2 aromatic carbocycles. The number of aliphatic hydroxyl groups excluding tert-OH is 4. The van der Waals surface area contributed by atoms with Crippen LogP contribution >= 0.6 is 0 Å². The summed E-state index contributed by atoms with van der Waals surface area (Å²) in [5.41, 5.74) is 1.84. The Balaban J connectivity index is 1.22. The predicted octanol–water partition coefficient (Wildman–Crippen LogP) is 2.52. The van der Waals surface area contributed by atoms with Crippen LogP contribution in [0.5, 0.6) is 5.75 Å². The van der Waals surface area contributed by atoms with Gasteiger partial charge in [0.05, 0.1) is 25.1 Å². The largest absolute Gasteiger partial charge is 0.432 e. The summed E-state index contributed by atoms with van der Waals surface area (Å²) in [6.07, 6.45) is -1.91. The van der Waals surface area contributed by atoms with Crippen LogP contribution in [-0.2, 0) is 15.9 Å². The summed E-state index contributed by atoms with van der Waals surface area (Å²) in [7, 11) is 0. The van der Waals surface area contributed by atoms with Gasteiger partial charge in [-0.15, -0.1) is 0 Å². The van der Waals surface area contributed by atoms with Crippen molar-refractivity contribution in [1.82, 2.24) is 19.7 Å². The minimum absolute atomic E-state index is 0.0422. The number of fused-ring (bicyclic) bond motifs is 1. The maximum Gasteiger partial charge on any atom is 0.387 e. The smallest absolute Gasteiger partial charge is 0.387 e. The molecule has 1 aliphatic heterocycles. The van der Waals surface area contributed by atoms with Crippen molar-refractivity contribution < 1.29 is 57.0 Å². The maximum absolute atomic E-state index is 14.8. The Kier molecular flexibility index (Phi) is 11.1. The minimum Gasteiger partial charge on any atom is -0.432 e. The van der Waals surface area contributed by atoms with Crippen molar-refractivity contribution in [3.05, 3.63) is 71.7 Å². The summed E-state index contributed by atoms with van der Waals surface area (Å²) in [5, 5.41) is 45.0. The molecule has 1 fully saturated rings. The van der Waals surface area contributed by atoms with E-state index >= 15 is 0 Å². The number of ether oxygens (including phenoxy) is 3. The number of benzene rings is 2. The summed E-state index contributed by atoms with van der Waals surface area (Å²) >= 11 is 0. The van der Waals surface area contributed by atoms with Gasteiger partial charge in [0.15, 0.2) is 29.3 Å². The van der Waals surface area contributed by atoms with Gasteiger partial charge in [-0.3, -0.25) is 9.20 Å². The molecule has 5 rings (SSSR count). The first-order valence-corrected chi connectivity index (χ1v) is 14.9. The molecule has 258 valence electrons. The summed E-state index contributed by atoms with van der Waals surface area (Å²) < 4.78 is 70.5. The minimum atomic E-state index is -3.32. The topological polar surface area (TPSA) is 180 Å². The number of halogens is 4. The van der Waals surface area contributed by atoms with Gasteiger partial charge in [-0.2, -0.15) is 13.2 Å². The lowest BCUT2D eigenvalue weighted by atomic mass is 9.99. The highest BCUT2D eigenvalue weighted by Gasteiger charge is 2.43. The molecule has 0 aliphatic carbocycles. The third-order valence-electron chi connectivity index (χ3n) is 7.70. The zero-order valence-electron chi connectivity index (χ0n) is 25.4. The molecule has 0 unspecified atom stereocenters. The number of aromatic nitrogens is 3. The number of hydrogen-bond donors (Lipinski definition) is 6. The molecule has 1 aliphatic rings. The van der Waals surface area contributed by atoms with Crippen LogP contribution < -0.4 is 15.4 Å². The van der Waals surface area contributed by atoms with Gasteiger partial charge in [0, 0.05) is 35.8 Å². The van der Waals surface area contributed by atoms with E-state index in [0.29, 0.717) is 29.7 Å². The fourth-order valence-electron chi connectivity index (χ4n) is 5.22. The van der Waals surface area contributed by atoms with E-state index < -0.39 is 61.3 Å². The predicted molar refractivity (Wildman–Crippen MR) is 161 cm³/mol. The van der Waals surface area contributed by atoms with Crippen LogP contribution in [0.3, 0.4) is 0 Å². The average molecular weight is 680 g/mol. The summed E-state index contributed by atoms with van der Waals surface area (Å²) in [5.74, 6) is -3.95. The first-order chi connectivity index (χ1) is 23.0. The fraction of sp³-hybridized carbons (Fsp3) is 0.387.